The number of aryl methyl sites for hydroxylation is 1. The zero-order valence-corrected chi connectivity index (χ0v) is 11.9. The van der Waals surface area contributed by atoms with Crippen molar-refractivity contribution in [3.8, 4) is 0 Å². The number of anilines is 1. The Balaban J connectivity index is 2.47. The van der Waals surface area contributed by atoms with Crippen molar-refractivity contribution in [2.75, 3.05) is 4.72 Å². The zero-order valence-electron chi connectivity index (χ0n) is 11.1. The van der Waals surface area contributed by atoms with E-state index >= 15 is 0 Å². The molecule has 0 saturated carbocycles. The Bertz CT molecular complexity index is 776. The van der Waals surface area contributed by atoms with Crippen LogP contribution in [0.15, 0.2) is 41.3 Å². The first-order valence-electron chi connectivity index (χ1n) is 6.02. The third kappa shape index (κ3) is 3.37. The molecule has 2 aromatic carbocycles. The third-order valence-electron chi connectivity index (χ3n) is 2.80. The first-order valence-corrected chi connectivity index (χ1v) is 7.50. The van der Waals surface area contributed by atoms with Gasteiger partial charge in [0.05, 0.1) is 6.61 Å². The molecule has 0 radical (unpaired) electrons. The first-order chi connectivity index (χ1) is 9.83. The van der Waals surface area contributed by atoms with Crippen LogP contribution in [-0.4, -0.2) is 13.5 Å². The van der Waals surface area contributed by atoms with Crippen LogP contribution in [0.25, 0.3) is 0 Å². The maximum absolute atomic E-state index is 13.7. The molecule has 0 aromatic heterocycles. The highest BCUT2D eigenvalue weighted by Gasteiger charge is 2.23. The largest absolute Gasteiger partial charge is 0.392 e. The summed E-state index contributed by atoms with van der Waals surface area (Å²) in [6.07, 6.45) is 0. The molecule has 0 aliphatic carbocycles. The Labute approximate surface area is 121 Å². The summed E-state index contributed by atoms with van der Waals surface area (Å²) in [6, 6.07) is 8.10. The van der Waals surface area contributed by atoms with E-state index < -0.39 is 33.2 Å². The number of benzene rings is 2. The second-order valence-corrected chi connectivity index (χ2v) is 6.17. The SMILES string of the molecule is Cc1cccc(NS(=O)(=O)c2cc(CO)cc(F)c2F)c1. The van der Waals surface area contributed by atoms with Crippen molar-refractivity contribution < 1.29 is 22.3 Å². The fourth-order valence-electron chi connectivity index (χ4n) is 1.82. The van der Waals surface area contributed by atoms with Gasteiger partial charge in [-0.25, -0.2) is 17.2 Å². The molecule has 2 N–H and O–H groups in total. The monoisotopic (exact) mass is 313 g/mol. The van der Waals surface area contributed by atoms with Crippen LogP contribution in [0.1, 0.15) is 11.1 Å². The van der Waals surface area contributed by atoms with Crippen molar-refractivity contribution in [2.24, 2.45) is 0 Å². The molecule has 2 aromatic rings. The minimum Gasteiger partial charge on any atom is -0.392 e. The van der Waals surface area contributed by atoms with Crippen LogP contribution in [-0.2, 0) is 16.6 Å². The maximum atomic E-state index is 13.7. The van der Waals surface area contributed by atoms with E-state index in [2.05, 4.69) is 4.72 Å². The minimum absolute atomic E-state index is 0.0292. The Morgan fingerprint density at radius 2 is 1.90 bits per heavy atom. The van der Waals surface area contributed by atoms with E-state index in [-0.39, 0.29) is 11.3 Å². The molecule has 0 heterocycles. The van der Waals surface area contributed by atoms with Crippen LogP contribution in [0, 0.1) is 18.6 Å². The second kappa shape index (κ2) is 5.79. The molecule has 21 heavy (non-hydrogen) atoms. The molecule has 0 amide bonds. The molecule has 0 aliphatic heterocycles. The molecular formula is C14H13F2NO3S. The topological polar surface area (TPSA) is 66.4 Å². The fourth-order valence-corrected chi connectivity index (χ4v) is 3.01. The molecule has 0 aliphatic rings. The van der Waals surface area contributed by atoms with Gasteiger partial charge in [-0.05, 0) is 42.3 Å². The smallest absolute Gasteiger partial charge is 0.264 e. The first kappa shape index (κ1) is 15.4. The average molecular weight is 313 g/mol. The molecule has 2 rings (SSSR count). The lowest BCUT2D eigenvalue weighted by atomic mass is 10.2. The summed E-state index contributed by atoms with van der Waals surface area (Å²) in [5.41, 5.74) is 1.02. The Hall–Kier alpha value is -1.99. The van der Waals surface area contributed by atoms with Crippen LogP contribution in [0.5, 0.6) is 0 Å². The van der Waals surface area contributed by atoms with Gasteiger partial charge in [-0.1, -0.05) is 12.1 Å². The maximum Gasteiger partial charge on any atom is 0.264 e. The molecular weight excluding hydrogens is 300 g/mol. The molecule has 0 spiro atoms. The molecule has 0 unspecified atom stereocenters. The predicted octanol–water partition coefficient (Wildman–Crippen LogP) is 2.57. The highest BCUT2D eigenvalue weighted by atomic mass is 32.2. The van der Waals surface area contributed by atoms with E-state index in [1.807, 2.05) is 0 Å². The van der Waals surface area contributed by atoms with Gasteiger partial charge in [-0.15, -0.1) is 0 Å². The van der Waals surface area contributed by atoms with Gasteiger partial charge in [0.25, 0.3) is 10.0 Å². The normalized spacial score (nSPS) is 11.4. The van der Waals surface area contributed by atoms with Crippen molar-refractivity contribution >= 4 is 15.7 Å². The number of hydrogen-bond acceptors (Lipinski definition) is 3. The van der Waals surface area contributed by atoms with Crippen LogP contribution in [0.4, 0.5) is 14.5 Å². The van der Waals surface area contributed by atoms with E-state index in [4.69, 9.17) is 5.11 Å². The van der Waals surface area contributed by atoms with Crippen LogP contribution in [0.2, 0.25) is 0 Å². The number of rotatable bonds is 4. The lowest BCUT2D eigenvalue weighted by Gasteiger charge is -2.11. The van der Waals surface area contributed by atoms with Gasteiger partial charge in [0, 0.05) is 5.69 Å². The third-order valence-corrected chi connectivity index (χ3v) is 4.18. The summed E-state index contributed by atoms with van der Waals surface area (Å²) >= 11 is 0. The van der Waals surface area contributed by atoms with E-state index in [1.165, 1.54) is 6.07 Å². The predicted molar refractivity (Wildman–Crippen MR) is 74.3 cm³/mol. The van der Waals surface area contributed by atoms with Crippen LogP contribution < -0.4 is 4.72 Å². The lowest BCUT2D eigenvalue weighted by molar-refractivity contribution is 0.280. The summed E-state index contributed by atoms with van der Waals surface area (Å²) in [4.78, 5) is -0.840. The molecule has 0 bridgehead atoms. The average Bonchev–Trinajstić information content (AvgIpc) is 2.41. The van der Waals surface area contributed by atoms with Gasteiger partial charge in [0.2, 0.25) is 0 Å². The summed E-state index contributed by atoms with van der Waals surface area (Å²) in [5.74, 6) is -2.81. The number of aliphatic hydroxyl groups is 1. The number of nitrogens with one attached hydrogen (secondary N) is 1. The Morgan fingerprint density at radius 3 is 2.52 bits per heavy atom. The zero-order chi connectivity index (χ0) is 15.6. The Morgan fingerprint density at radius 1 is 1.19 bits per heavy atom. The lowest BCUT2D eigenvalue weighted by Crippen LogP contribution is -2.16. The molecule has 7 heteroatoms. The van der Waals surface area contributed by atoms with Gasteiger partial charge < -0.3 is 5.11 Å². The molecule has 112 valence electrons. The van der Waals surface area contributed by atoms with Crippen molar-refractivity contribution in [3.63, 3.8) is 0 Å². The minimum atomic E-state index is -4.29. The quantitative estimate of drug-likeness (QED) is 0.911. The number of sulfonamides is 1. The molecule has 0 atom stereocenters. The Kier molecular flexibility index (Phi) is 4.24. The van der Waals surface area contributed by atoms with Crippen molar-refractivity contribution in [2.45, 2.75) is 18.4 Å². The van der Waals surface area contributed by atoms with E-state index in [1.54, 1.807) is 25.1 Å². The highest BCUT2D eigenvalue weighted by Crippen LogP contribution is 2.23. The fraction of sp³-hybridized carbons (Fsp3) is 0.143. The highest BCUT2D eigenvalue weighted by molar-refractivity contribution is 7.92. The van der Waals surface area contributed by atoms with Gasteiger partial charge in [0.1, 0.15) is 4.90 Å². The number of hydrogen-bond donors (Lipinski definition) is 2. The van der Waals surface area contributed by atoms with E-state index in [0.29, 0.717) is 0 Å². The van der Waals surface area contributed by atoms with Gasteiger partial charge in [-0.3, -0.25) is 4.72 Å². The van der Waals surface area contributed by atoms with Crippen LogP contribution in [0.3, 0.4) is 0 Å². The summed E-state index contributed by atoms with van der Waals surface area (Å²) in [6.45, 7) is 1.18. The summed E-state index contributed by atoms with van der Waals surface area (Å²) in [5, 5.41) is 8.96. The molecule has 0 fully saturated rings. The van der Waals surface area contributed by atoms with Gasteiger partial charge >= 0.3 is 0 Å². The van der Waals surface area contributed by atoms with Crippen molar-refractivity contribution in [3.05, 3.63) is 59.2 Å². The second-order valence-electron chi connectivity index (χ2n) is 4.52. The van der Waals surface area contributed by atoms with Gasteiger partial charge in [-0.2, -0.15) is 0 Å². The van der Waals surface area contributed by atoms with E-state index in [9.17, 15) is 17.2 Å². The van der Waals surface area contributed by atoms with Crippen LogP contribution >= 0.6 is 0 Å². The summed E-state index contributed by atoms with van der Waals surface area (Å²) in [7, 11) is -4.29. The molecule has 4 nitrogen and oxygen atoms in total. The van der Waals surface area contributed by atoms with Gasteiger partial charge in [0.15, 0.2) is 11.6 Å². The number of aliphatic hydroxyl groups excluding tert-OH is 1. The standard InChI is InChI=1S/C14H13F2NO3S/c1-9-3-2-4-11(5-9)17-21(19,20)13-7-10(8-18)6-12(15)14(13)16/h2-7,17-18H,8H2,1H3. The van der Waals surface area contributed by atoms with Crippen molar-refractivity contribution in [1.82, 2.24) is 0 Å². The molecule has 0 saturated heterocycles. The summed E-state index contributed by atoms with van der Waals surface area (Å²) < 4.78 is 53.6. The van der Waals surface area contributed by atoms with E-state index in [0.717, 1.165) is 17.7 Å². The number of halogens is 2. The van der Waals surface area contributed by atoms with Crippen molar-refractivity contribution in [1.29, 1.82) is 0 Å².